The SMILES string of the molecule is COc1cccc(CN2CCN(Cc3ccc4c(c3)OCO4)CC2)c1OC.O=C(O)C(=O)O. The van der Waals surface area contributed by atoms with Gasteiger partial charge in [0, 0.05) is 44.8 Å². The van der Waals surface area contributed by atoms with Gasteiger partial charge in [-0.05, 0) is 23.8 Å². The highest BCUT2D eigenvalue weighted by Crippen LogP contribution is 2.33. The van der Waals surface area contributed by atoms with Gasteiger partial charge in [0.25, 0.3) is 0 Å². The Balaban J connectivity index is 0.000000454. The molecule has 0 bridgehead atoms. The van der Waals surface area contributed by atoms with Gasteiger partial charge in [0.2, 0.25) is 6.79 Å². The van der Waals surface area contributed by atoms with Crippen LogP contribution in [0.25, 0.3) is 0 Å². The van der Waals surface area contributed by atoms with Crippen molar-refractivity contribution in [3.63, 3.8) is 0 Å². The molecule has 0 radical (unpaired) electrons. The Kier molecular flexibility index (Phi) is 8.34. The van der Waals surface area contributed by atoms with Gasteiger partial charge in [-0.15, -0.1) is 0 Å². The Bertz CT molecular complexity index is 961. The van der Waals surface area contributed by atoms with Gasteiger partial charge in [-0.1, -0.05) is 18.2 Å². The number of hydrogen-bond donors (Lipinski definition) is 2. The molecule has 33 heavy (non-hydrogen) atoms. The van der Waals surface area contributed by atoms with E-state index in [1.165, 1.54) is 11.1 Å². The van der Waals surface area contributed by atoms with Crippen molar-refractivity contribution in [2.24, 2.45) is 0 Å². The number of para-hydroxylation sites is 1. The van der Waals surface area contributed by atoms with E-state index < -0.39 is 11.9 Å². The minimum absolute atomic E-state index is 0.325. The summed E-state index contributed by atoms with van der Waals surface area (Å²) in [5, 5.41) is 14.8. The summed E-state index contributed by atoms with van der Waals surface area (Å²) in [6.07, 6.45) is 0. The van der Waals surface area contributed by atoms with Crippen molar-refractivity contribution < 1.29 is 38.7 Å². The van der Waals surface area contributed by atoms with Gasteiger partial charge in [-0.25, -0.2) is 9.59 Å². The van der Waals surface area contributed by atoms with E-state index in [2.05, 4.69) is 28.0 Å². The van der Waals surface area contributed by atoms with Gasteiger partial charge in [0.1, 0.15) is 0 Å². The first-order valence-corrected chi connectivity index (χ1v) is 10.4. The van der Waals surface area contributed by atoms with Gasteiger partial charge >= 0.3 is 11.9 Å². The molecule has 10 heteroatoms. The fraction of sp³-hybridized carbons (Fsp3) is 0.391. The second-order valence-corrected chi connectivity index (χ2v) is 7.50. The van der Waals surface area contributed by atoms with Crippen LogP contribution >= 0.6 is 0 Å². The van der Waals surface area contributed by atoms with Gasteiger partial charge in [0.15, 0.2) is 23.0 Å². The number of carboxylic acids is 2. The number of aliphatic carboxylic acids is 2. The zero-order valence-corrected chi connectivity index (χ0v) is 18.7. The molecule has 178 valence electrons. The minimum atomic E-state index is -1.82. The van der Waals surface area contributed by atoms with Crippen molar-refractivity contribution >= 4 is 11.9 Å². The third kappa shape index (κ3) is 6.50. The quantitative estimate of drug-likeness (QED) is 0.619. The van der Waals surface area contributed by atoms with Crippen LogP contribution in [0.1, 0.15) is 11.1 Å². The lowest BCUT2D eigenvalue weighted by Gasteiger charge is -2.35. The average molecular weight is 460 g/mol. The van der Waals surface area contributed by atoms with Crippen molar-refractivity contribution in [1.82, 2.24) is 9.80 Å². The van der Waals surface area contributed by atoms with Crippen molar-refractivity contribution in [2.75, 3.05) is 47.2 Å². The highest BCUT2D eigenvalue weighted by molar-refractivity contribution is 6.27. The first kappa shape index (κ1) is 24.1. The molecular formula is C23H28N2O8. The minimum Gasteiger partial charge on any atom is -0.493 e. The Morgan fingerprint density at radius 3 is 2.12 bits per heavy atom. The van der Waals surface area contributed by atoms with Crippen LogP contribution < -0.4 is 18.9 Å². The van der Waals surface area contributed by atoms with E-state index in [-0.39, 0.29) is 0 Å². The number of carboxylic acid groups (broad SMARTS) is 2. The molecule has 0 aromatic heterocycles. The van der Waals surface area contributed by atoms with Crippen LogP contribution in [0.3, 0.4) is 0 Å². The Morgan fingerprint density at radius 1 is 0.879 bits per heavy atom. The zero-order chi connectivity index (χ0) is 23.8. The molecule has 0 amide bonds. The second kappa shape index (κ2) is 11.4. The molecule has 0 atom stereocenters. The molecule has 2 aromatic rings. The molecule has 4 rings (SSSR count). The molecule has 2 N–H and O–H groups in total. The predicted octanol–water partition coefficient (Wildman–Crippen LogP) is 1.91. The van der Waals surface area contributed by atoms with E-state index in [0.717, 1.165) is 62.3 Å². The molecule has 1 fully saturated rings. The Labute approximate surface area is 191 Å². The first-order chi connectivity index (χ1) is 15.9. The highest BCUT2D eigenvalue weighted by Gasteiger charge is 2.20. The number of ether oxygens (including phenoxy) is 4. The molecule has 2 aromatic carbocycles. The van der Waals surface area contributed by atoms with E-state index >= 15 is 0 Å². The maximum absolute atomic E-state index is 9.10. The summed E-state index contributed by atoms with van der Waals surface area (Å²) in [4.78, 5) is 23.1. The topological polar surface area (TPSA) is 118 Å². The molecule has 2 heterocycles. The largest absolute Gasteiger partial charge is 0.493 e. The summed E-state index contributed by atoms with van der Waals surface area (Å²) in [5.74, 6) is -0.323. The Hall–Kier alpha value is -3.50. The van der Waals surface area contributed by atoms with Gasteiger partial charge in [-0.3, -0.25) is 9.80 Å². The number of hydrogen-bond acceptors (Lipinski definition) is 8. The number of piperazine rings is 1. The van der Waals surface area contributed by atoms with Crippen molar-refractivity contribution in [2.45, 2.75) is 13.1 Å². The van der Waals surface area contributed by atoms with Crippen molar-refractivity contribution in [3.8, 4) is 23.0 Å². The van der Waals surface area contributed by atoms with E-state index in [1.807, 2.05) is 18.2 Å². The summed E-state index contributed by atoms with van der Waals surface area (Å²) in [7, 11) is 3.38. The average Bonchev–Trinajstić information content (AvgIpc) is 3.28. The highest BCUT2D eigenvalue weighted by atomic mass is 16.7. The lowest BCUT2D eigenvalue weighted by atomic mass is 10.1. The number of methoxy groups -OCH3 is 2. The summed E-state index contributed by atoms with van der Waals surface area (Å²) in [5.41, 5.74) is 2.43. The monoisotopic (exact) mass is 460 g/mol. The van der Waals surface area contributed by atoms with Gasteiger partial charge in [-0.2, -0.15) is 0 Å². The molecule has 2 aliphatic rings. The molecule has 0 unspecified atom stereocenters. The number of nitrogens with zero attached hydrogens (tertiary/aromatic N) is 2. The lowest BCUT2D eigenvalue weighted by Crippen LogP contribution is -2.45. The Morgan fingerprint density at radius 2 is 1.52 bits per heavy atom. The normalized spacial score (nSPS) is 15.3. The molecular weight excluding hydrogens is 432 g/mol. The molecule has 10 nitrogen and oxygen atoms in total. The van der Waals surface area contributed by atoms with Crippen LogP contribution in [0.15, 0.2) is 36.4 Å². The summed E-state index contributed by atoms with van der Waals surface area (Å²) in [6, 6.07) is 12.3. The van der Waals surface area contributed by atoms with Crippen LogP contribution in [0.4, 0.5) is 0 Å². The van der Waals surface area contributed by atoms with E-state index in [0.29, 0.717) is 6.79 Å². The van der Waals surface area contributed by atoms with E-state index in [1.54, 1.807) is 14.2 Å². The first-order valence-electron chi connectivity index (χ1n) is 10.4. The summed E-state index contributed by atoms with van der Waals surface area (Å²) in [6.45, 7) is 6.29. The van der Waals surface area contributed by atoms with Crippen LogP contribution in [0, 0.1) is 0 Å². The molecule has 1 saturated heterocycles. The number of benzene rings is 2. The van der Waals surface area contributed by atoms with E-state index in [9.17, 15) is 0 Å². The summed E-state index contributed by atoms with van der Waals surface area (Å²) >= 11 is 0. The molecule has 0 saturated carbocycles. The van der Waals surface area contributed by atoms with Crippen LogP contribution in [-0.4, -0.2) is 79.1 Å². The fourth-order valence-corrected chi connectivity index (χ4v) is 3.72. The maximum Gasteiger partial charge on any atom is 0.414 e. The second-order valence-electron chi connectivity index (χ2n) is 7.50. The third-order valence-corrected chi connectivity index (χ3v) is 5.37. The molecule has 2 aliphatic heterocycles. The standard InChI is InChI=1S/C21H26N2O4.C2H2O4/c1-24-19-5-3-4-17(21(19)25-2)14-23-10-8-22(9-11-23)13-16-6-7-18-20(12-16)27-15-26-18;3-1(4)2(5)6/h3-7,12H,8-11,13-15H2,1-2H3;(H,3,4)(H,5,6). The van der Waals surface area contributed by atoms with Gasteiger partial charge in [0.05, 0.1) is 14.2 Å². The third-order valence-electron chi connectivity index (χ3n) is 5.37. The zero-order valence-electron chi connectivity index (χ0n) is 18.7. The van der Waals surface area contributed by atoms with Crippen LogP contribution in [0.5, 0.6) is 23.0 Å². The summed E-state index contributed by atoms with van der Waals surface area (Å²) < 4.78 is 21.8. The van der Waals surface area contributed by atoms with Gasteiger partial charge < -0.3 is 29.2 Å². The fourth-order valence-electron chi connectivity index (χ4n) is 3.72. The predicted molar refractivity (Wildman–Crippen MR) is 118 cm³/mol. The number of rotatable bonds is 6. The lowest BCUT2D eigenvalue weighted by molar-refractivity contribution is -0.159. The van der Waals surface area contributed by atoms with Crippen LogP contribution in [-0.2, 0) is 22.7 Å². The van der Waals surface area contributed by atoms with Crippen LogP contribution in [0.2, 0.25) is 0 Å². The number of carbonyl (C=O) groups is 2. The maximum atomic E-state index is 9.10. The molecule has 0 aliphatic carbocycles. The van der Waals surface area contributed by atoms with Crippen molar-refractivity contribution in [1.29, 1.82) is 0 Å². The number of fused-ring (bicyclic) bond motifs is 1. The van der Waals surface area contributed by atoms with Crippen molar-refractivity contribution in [3.05, 3.63) is 47.5 Å². The van der Waals surface area contributed by atoms with E-state index in [4.69, 9.17) is 38.7 Å². The molecule has 0 spiro atoms. The smallest absolute Gasteiger partial charge is 0.414 e.